The number of hydrogen-bond acceptors (Lipinski definition) is 5. The standard InChI is InChI=1S/C19H13ClFN3O3/c1-26-18-9-12(2-5-17(18)27-7-6-22)8-13(11-23)19(25)24-14-3-4-16(21)15(20)10-14/h2-5,8-10H,7H2,1H3,(H,24,25)/b13-8+. The lowest BCUT2D eigenvalue weighted by Crippen LogP contribution is -2.13. The molecule has 0 aliphatic rings. The van der Waals surface area contributed by atoms with E-state index in [4.69, 9.17) is 26.3 Å². The van der Waals surface area contributed by atoms with Gasteiger partial charge in [-0.05, 0) is 42.0 Å². The number of nitriles is 2. The number of hydrogen-bond donors (Lipinski definition) is 1. The van der Waals surface area contributed by atoms with Gasteiger partial charge in [-0.3, -0.25) is 4.79 Å². The fourth-order valence-electron chi connectivity index (χ4n) is 2.09. The second-order valence-corrected chi connectivity index (χ2v) is 5.52. The molecule has 8 heteroatoms. The lowest BCUT2D eigenvalue weighted by atomic mass is 10.1. The van der Waals surface area contributed by atoms with Gasteiger partial charge < -0.3 is 14.8 Å². The van der Waals surface area contributed by atoms with Crippen LogP contribution in [0.15, 0.2) is 42.0 Å². The zero-order chi connectivity index (χ0) is 19.8. The number of amides is 1. The predicted molar refractivity (Wildman–Crippen MR) is 97.7 cm³/mol. The Hall–Kier alpha value is -3.55. The third kappa shape index (κ3) is 5.21. The minimum atomic E-state index is -0.677. The van der Waals surface area contributed by atoms with Crippen LogP contribution in [0.2, 0.25) is 5.02 Å². The molecule has 0 bridgehead atoms. The summed E-state index contributed by atoms with van der Waals surface area (Å²) in [4.78, 5) is 12.3. The van der Waals surface area contributed by atoms with Crippen LogP contribution in [0.5, 0.6) is 11.5 Å². The average Bonchev–Trinajstić information content (AvgIpc) is 2.67. The van der Waals surface area contributed by atoms with Crippen LogP contribution < -0.4 is 14.8 Å². The van der Waals surface area contributed by atoms with Crippen LogP contribution in [0.4, 0.5) is 10.1 Å². The van der Waals surface area contributed by atoms with Crippen LogP contribution in [0, 0.1) is 28.5 Å². The van der Waals surface area contributed by atoms with Crippen molar-refractivity contribution in [2.75, 3.05) is 19.0 Å². The van der Waals surface area contributed by atoms with E-state index in [1.165, 1.54) is 25.3 Å². The van der Waals surface area contributed by atoms with Crippen LogP contribution in [-0.4, -0.2) is 19.6 Å². The second kappa shape index (κ2) is 9.23. The molecule has 0 unspecified atom stereocenters. The van der Waals surface area contributed by atoms with Crippen molar-refractivity contribution in [3.8, 4) is 23.6 Å². The van der Waals surface area contributed by atoms with E-state index < -0.39 is 11.7 Å². The minimum Gasteiger partial charge on any atom is -0.493 e. The number of nitrogens with zero attached hydrogens (tertiary/aromatic N) is 2. The lowest BCUT2D eigenvalue weighted by molar-refractivity contribution is -0.112. The maximum absolute atomic E-state index is 13.2. The summed E-state index contributed by atoms with van der Waals surface area (Å²) in [6.07, 6.45) is 1.36. The molecule has 2 aromatic carbocycles. The molecular weight excluding hydrogens is 373 g/mol. The molecule has 136 valence electrons. The normalized spacial score (nSPS) is 10.5. The Morgan fingerprint density at radius 1 is 1.26 bits per heavy atom. The monoisotopic (exact) mass is 385 g/mol. The molecule has 2 aromatic rings. The van der Waals surface area contributed by atoms with Crippen LogP contribution in [0.25, 0.3) is 6.08 Å². The number of anilines is 1. The molecule has 27 heavy (non-hydrogen) atoms. The maximum Gasteiger partial charge on any atom is 0.266 e. The Morgan fingerprint density at radius 3 is 2.67 bits per heavy atom. The van der Waals surface area contributed by atoms with E-state index in [1.54, 1.807) is 18.2 Å². The van der Waals surface area contributed by atoms with E-state index >= 15 is 0 Å². The van der Waals surface area contributed by atoms with Crippen molar-refractivity contribution in [1.29, 1.82) is 10.5 Å². The Kier molecular flexibility index (Phi) is 6.76. The van der Waals surface area contributed by atoms with Crippen molar-refractivity contribution in [3.63, 3.8) is 0 Å². The topological polar surface area (TPSA) is 95.1 Å². The molecule has 0 atom stereocenters. The van der Waals surface area contributed by atoms with Crippen LogP contribution >= 0.6 is 11.6 Å². The molecule has 2 rings (SSSR count). The molecule has 0 saturated carbocycles. The molecule has 0 aromatic heterocycles. The first-order valence-corrected chi connectivity index (χ1v) is 7.92. The van der Waals surface area contributed by atoms with Gasteiger partial charge in [0.15, 0.2) is 18.1 Å². The smallest absolute Gasteiger partial charge is 0.266 e. The molecule has 0 heterocycles. The Bertz CT molecular complexity index is 977. The van der Waals surface area contributed by atoms with Crippen molar-refractivity contribution in [1.82, 2.24) is 0 Å². The number of carbonyl (C=O) groups excluding carboxylic acids is 1. The van der Waals surface area contributed by atoms with Crippen molar-refractivity contribution >= 4 is 29.3 Å². The third-order valence-corrected chi connectivity index (χ3v) is 3.62. The highest BCUT2D eigenvalue weighted by Crippen LogP contribution is 2.29. The van der Waals surface area contributed by atoms with E-state index in [0.717, 1.165) is 6.07 Å². The van der Waals surface area contributed by atoms with Gasteiger partial charge in [0.1, 0.15) is 23.5 Å². The van der Waals surface area contributed by atoms with Gasteiger partial charge in [-0.2, -0.15) is 10.5 Å². The summed E-state index contributed by atoms with van der Waals surface area (Å²) in [5.74, 6) is -0.581. The van der Waals surface area contributed by atoms with Gasteiger partial charge in [-0.15, -0.1) is 0 Å². The molecule has 0 fully saturated rings. The van der Waals surface area contributed by atoms with Gasteiger partial charge in [0, 0.05) is 5.69 Å². The van der Waals surface area contributed by atoms with Crippen molar-refractivity contribution in [3.05, 3.63) is 58.4 Å². The number of carbonyl (C=O) groups is 1. The number of rotatable bonds is 6. The fourth-order valence-corrected chi connectivity index (χ4v) is 2.27. The quantitative estimate of drug-likeness (QED) is 0.600. The van der Waals surface area contributed by atoms with E-state index in [2.05, 4.69) is 5.32 Å². The Balaban J connectivity index is 2.24. The molecule has 0 saturated heterocycles. The maximum atomic E-state index is 13.2. The third-order valence-electron chi connectivity index (χ3n) is 3.33. The summed E-state index contributed by atoms with van der Waals surface area (Å²) in [5.41, 5.74) is 0.591. The van der Waals surface area contributed by atoms with Gasteiger partial charge in [0.2, 0.25) is 0 Å². The zero-order valence-electron chi connectivity index (χ0n) is 14.1. The summed E-state index contributed by atoms with van der Waals surface area (Å²) in [6.45, 7) is -0.141. The predicted octanol–water partition coefficient (Wildman–Crippen LogP) is 3.94. The Morgan fingerprint density at radius 2 is 2.04 bits per heavy atom. The highest BCUT2D eigenvalue weighted by Gasteiger charge is 2.12. The van der Waals surface area contributed by atoms with Crippen molar-refractivity contribution < 1.29 is 18.7 Å². The summed E-state index contributed by atoms with van der Waals surface area (Å²) in [6, 6.07) is 12.1. The number of benzene rings is 2. The highest BCUT2D eigenvalue weighted by molar-refractivity contribution is 6.31. The van der Waals surface area contributed by atoms with Gasteiger partial charge in [0.25, 0.3) is 5.91 Å². The largest absolute Gasteiger partial charge is 0.493 e. The van der Waals surface area contributed by atoms with E-state index in [-0.39, 0.29) is 22.9 Å². The molecule has 0 spiro atoms. The molecular formula is C19H13ClFN3O3. The van der Waals surface area contributed by atoms with Crippen LogP contribution in [0.1, 0.15) is 5.56 Å². The molecule has 0 aliphatic heterocycles. The average molecular weight is 386 g/mol. The first-order valence-electron chi connectivity index (χ1n) is 7.54. The first-order chi connectivity index (χ1) is 13.0. The van der Waals surface area contributed by atoms with Gasteiger partial charge in [-0.1, -0.05) is 17.7 Å². The number of nitrogens with one attached hydrogen (secondary N) is 1. The van der Waals surface area contributed by atoms with Gasteiger partial charge >= 0.3 is 0 Å². The van der Waals surface area contributed by atoms with E-state index in [9.17, 15) is 14.4 Å². The summed E-state index contributed by atoms with van der Waals surface area (Å²) in [7, 11) is 1.43. The number of halogens is 2. The van der Waals surface area contributed by atoms with Gasteiger partial charge in [-0.25, -0.2) is 4.39 Å². The number of ether oxygens (including phenoxy) is 2. The molecule has 6 nitrogen and oxygen atoms in total. The lowest BCUT2D eigenvalue weighted by Gasteiger charge is -2.09. The van der Waals surface area contributed by atoms with Crippen molar-refractivity contribution in [2.45, 2.75) is 0 Å². The van der Waals surface area contributed by atoms with Crippen molar-refractivity contribution in [2.24, 2.45) is 0 Å². The second-order valence-electron chi connectivity index (χ2n) is 5.11. The Labute approximate surface area is 160 Å². The van der Waals surface area contributed by atoms with Crippen LogP contribution in [0.3, 0.4) is 0 Å². The molecule has 1 N–H and O–H groups in total. The fraction of sp³-hybridized carbons (Fsp3) is 0.105. The van der Waals surface area contributed by atoms with E-state index in [0.29, 0.717) is 17.1 Å². The van der Waals surface area contributed by atoms with E-state index in [1.807, 2.05) is 12.1 Å². The molecule has 0 radical (unpaired) electrons. The summed E-state index contributed by atoms with van der Waals surface area (Å²) >= 11 is 5.67. The summed E-state index contributed by atoms with van der Waals surface area (Å²) < 4.78 is 23.6. The molecule has 1 amide bonds. The van der Waals surface area contributed by atoms with Gasteiger partial charge in [0.05, 0.1) is 12.1 Å². The SMILES string of the molecule is COc1cc(/C=C(\C#N)C(=O)Nc2ccc(F)c(Cl)c2)ccc1OCC#N. The minimum absolute atomic E-state index is 0.141. The highest BCUT2D eigenvalue weighted by atomic mass is 35.5. The molecule has 0 aliphatic carbocycles. The zero-order valence-corrected chi connectivity index (χ0v) is 14.9. The van der Waals surface area contributed by atoms with Crippen LogP contribution in [-0.2, 0) is 4.79 Å². The first kappa shape index (κ1) is 19.8. The summed E-state index contributed by atoms with van der Waals surface area (Å²) in [5, 5.41) is 20.2. The number of methoxy groups -OCH3 is 1.